The van der Waals surface area contributed by atoms with Gasteiger partial charge in [-0.15, -0.1) is 0 Å². The maximum atomic E-state index is 5.34. The highest BCUT2D eigenvalue weighted by Crippen LogP contribution is 1.83. The highest BCUT2D eigenvalue weighted by molar-refractivity contribution is 4.47. The van der Waals surface area contributed by atoms with E-state index < -0.39 is 0 Å². The van der Waals surface area contributed by atoms with Crippen LogP contribution in [0, 0.1) is 0 Å². The molecule has 0 aromatic rings. The predicted molar refractivity (Wildman–Crippen MR) is 44.6 cm³/mol. The van der Waals surface area contributed by atoms with Crippen LogP contribution in [-0.2, 0) is 0 Å². The van der Waals surface area contributed by atoms with Crippen LogP contribution in [0.5, 0.6) is 0 Å². The molecule has 0 fully saturated rings. The molecule has 0 rings (SSSR count). The van der Waals surface area contributed by atoms with Gasteiger partial charge >= 0.3 is 0 Å². The number of nitrogens with two attached hydrogens (primary N) is 1. The van der Waals surface area contributed by atoms with Crippen LogP contribution in [-0.4, -0.2) is 31.2 Å². The van der Waals surface area contributed by atoms with E-state index in [0.29, 0.717) is 6.54 Å². The highest BCUT2D eigenvalue weighted by atomic mass is 15.5. The fourth-order valence-electron chi connectivity index (χ4n) is 0.842. The molecule has 0 aromatic heterocycles. The van der Waals surface area contributed by atoms with E-state index >= 15 is 0 Å². The van der Waals surface area contributed by atoms with Gasteiger partial charge in [-0.1, -0.05) is 13.8 Å². The molecule has 0 aromatic carbocycles. The second-order valence-corrected chi connectivity index (χ2v) is 2.28. The largest absolute Gasteiger partial charge is 0.329 e. The van der Waals surface area contributed by atoms with Gasteiger partial charge in [-0.3, -0.25) is 5.43 Å². The van der Waals surface area contributed by atoms with Crippen LogP contribution >= 0.6 is 0 Å². The van der Waals surface area contributed by atoms with Crippen molar-refractivity contribution in [3.05, 3.63) is 0 Å². The van der Waals surface area contributed by atoms with Gasteiger partial charge in [0.05, 0.1) is 0 Å². The average Bonchev–Trinajstić information content (AvgIpc) is 1.98. The lowest BCUT2D eigenvalue weighted by Gasteiger charge is -2.19. The molecule has 62 valence electrons. The zero-order chi connectivity index (χ0) is 7.82. The van der Waals surface area contributed by atoms with Crippen LogP contribution in [0.25, 0.3) is 0 Å². The summed E-state index contributed by atoms with van der Waals surface area (Å²) in [5, 5.41) is 2.19. The topological polar surface area (TPSA) is 41.3 Å². The van der Waals surface area contributed by atoms with Crippen molar-refractivity contribution in [2.45, 2.75) is 20.3 Å². The molecule has 0 radical (unpaired) electrons. The van der Waals surface area contributed by atoms with Crippen molar-refractivity contribution < 1.29 is 0 Å². The second kappa shape index (κ2) is 6.99. The van der Waals surface area contributed by atoms with Crippen molar-refractivity contribution in [3.8, 4) is 0 Å². The molecule has 3 N–H and O–H groups in total. The second-order valence-electron chi connectivity index (χ2n) is 2.28. The molecule has 0 unspecified atom stereocenters. The molecule has 0 heterocycles. The number of hydrogen-bond donors (Lipinski definition) is 2. The summed E-state index contributed by atoms with van der Waals surface area (Å²) in [6, 6.07) is 0. The molecule has 3 heteroatoms. The van der Waals surface area contributed by atoms with E-state index in [0.717, 1.165) is 19.6 Å². The van der Waals surface area contributed by atoms with Crippen molar-refractivity contribution in [3.63, 3.8) is 0 Å². The van der Waals surface area contributed by atoms with Crippen LogP contribution in [0.2, 0.25) is 0 Å². The molecule has 10 heavy (non-hydrogen) atoms. The molecular weight excluding hydrogens is 126 g/mol. The zero-order valence-electron chi connectivity index (χ0n) is 7.06. The summed E-state index contributed by atoms with van der Waals surface area (Å²) in [4.78, 5) is 0. The van der Waals surface area contributed by atoms with Crippen LogP contribution < -0.4 is 11.2 Å². The van der Waals surface area contributed by atoms with Crippen molar-refractivity contribution in [1.29, 1.82) is 0 Å². The maximum Gasteiger partial charge on any atom is 0.0225 e. The predicted octanol–water partition coefficient (Wildman–Crippen LogP) is 0.182. The van der Waals surface area contributed by atoms with E-state index in [-0.39, 0.29) is 0 Å². The first-order valence-corrected chi connectivity index (χ1v) is 4.03. The zero-order valence-corrected chi connectivity index (χ0v) is 7.06. The first-order valence-electron chi connectivity index (χ1n) is 4.03. The normalized spacial score (nSPS) is 10.8. The third-order valence-corrected chi connectivity index (χ3v) is 1.35. The Bertz CT molecular complexity index is 65.9. The molecule has 0 saturated carbocycles. The van der Waals surface area contributed by atoms with E-state index in [1.165, 1.54) is 6.42 Å². The lowest BCUT2D eigenvalue weighted by atomic mass is 10.4. The molecule has 0 bridgehead atoms. The van der Waals surface area contributed by atoms with Crippen LogP contribution in [0.3, 0.4) is 0 Å². The average molecular weight is 145 g/mol. The molecular formula is C7H19N3. The third-order valence-electron chi connectivity index (χ3n) is 1.35. The summed E-state index contributed by atoms with van der Waals surface area (Å²) in [5.74, 6) is 0. The summed E-state index contributed by atoms with van der Waals surface area (Å²) in [6.07, 6.45) is 1.19. The Labute approximate surface area is 63.5 Å². The van der Waals surface area contributed by atoms with Gasteiger partial charge < -0.3 is 5.73 Å². The smallest absolute Gasteiger partial charge is 0.0225 e. The molecule has 0 aliphatic rings. The Kier molecular flexibility index (Phi) is 6.91. The van der Waals surface area contributed by atoms with Gasteiger partial charge in [0.1, 0.15) is 0 Å². The Balaban J connectivity index is 3.21. The Morgan fingerprint density at radius 2 is 2.10 bits per heavy atom. The van der Waals surface area contributed by atoms with Crippen molar-refractivity contribution >= 4 is 0 Å². The summed E-state index contributed by atoms with van der Waals surface area (Å²) in [7, 11) is 0. The number of nitrogens with one attached hydrogen (secondary N) is 1. The van der Waals surface area contributed by atoms with Crippen molar-refractivity contribution in [2.24, 2.45) is 5.73 Å². The number of rotatable bonds is 6. The number of nitrogens with zero attached hydrogens (tertiary/aromatic N) is 1. The summed E-state index contributed by atoms with van der Waals surface area (Å²) < 4.78 is 0. The van der Waals surface area contributed by atoms with E-state index in [9.17, 15) is 0 Å². The molecule has 0 atom stereocenters. The molecule has 0 saturated heterocycles. The van der Waals surface area contributed by atoms with Gasteiger partial charge in [-0.25, -0.2) is 5.01 Å². The molecule has 0 amide bonds. The molecule has 0 spiro atoms. The van der Waals surface area contributed by atoms with Gasteiger partial charge in [-0.05, 0) is 6.42 Å². The molecule has 3 nitrogen and oxygen atoms in total. The van der Waals surface area contributed by atoms with E-state index in [4.69, 9.17) is 5.73 Å². The minimum atomic E-state index is 0.709. The molecule has 0 aliphatic carbocycles. The summed E-state index contributed by atoms with van der Waals surface area (Å²) in [5.41, 5.74) is 8.57. The van der Waals surface area contributed by atoms with Gasteiger partial charge in [0.25, 0.3) is 0 Å². The summed E-state index contributed by atoms with van der Waals surface area (Å²) >= 11 is 0. The van der Waals surface area contributed by atoms with E-state index in [1.54, 1.807) is 0 Å². The highest BCUT2D eigenvalue weighted by Gasteiger charge is 1.95. The Hall–Kier alpha value is -0.120. The minimum Gasteiger partial charge on any atom is -0.329 e. The van der Waals surface area contributed by atoms with Gasteiger partial charge in [0.2, 0.25) is 0 Å². The lowest BCUT2D eigenvalue weighted by molar-refractivity contribution is 0.201. The summed E-state index contributed by atoms with van der Waals surface area (Å²) in [6.45, 7) is 8.06. The SMILES string of the molecule is CCCN(CC)NCCN. The quantitative estimate of drug-likeness (QED) is 0.524. The molecule has 0 aliphatic heterocycles. The van der Waals surface area contributed by atoms with E-state index in [2.05, 4.69) is 24.3 Å². The fourth-order valence-corrected chi connectivity index (χ4v) is 0.842. The fraction of sp³-hybridized carbons (Fsp3) is 1.00. The number of hydrogen-bond acceptors (Lipinski definition) is 3. The Morgan fingerprint density at radius 1 is 1.40 bits per heavy atom. The maximum absolute atomic E-state index is 5.34. The van der Waals surface area contributed by atoms with Crippen molar-refractivity contribution in [1.82, 2.24) is 10.4 Å². The monoisotopic (exact) mass is 145 g/mol. The minimum absolute atomic E-state index is 0.709. The first kappa shape index (κ1) is 9.88. The Morgan fingerprint density at radius 3 is 2.50 bits per heavy atom. The standard InChI is InChI=1S/C7H19N3/c1-3-7-10(4-2)9-6-5-8/h9H,3-8H2,1-2H3. The lowest BCUT2D eigenvalue weighted by Crippen LogP contribution is -2.40. The van der Waals surface area contributed by atoms with E-state index in [1.807, 2.05) is 0 Å². The third kappa shape index (κ3) is 4.73. The van der Waals surface area contributed by atoms with Gasteiger partial charge in [-0.2, -0.15) is 0 Å². The van der Waals surface area contributed by atoms with Crippen LogP contribution in [0.4, 0.5) is 0 Å². The van der Waals surface area contributed by atoms with Gasteiger partial charge in [0.15, 0.2) is 0 Å². The van der Waals surface area contributed by atoms with Crippen LogP contribution in [0.15, 0.2) is 0 Å². The first-order chi connectivity index (χ1) is 4.85. The van der Waals surface area contributed by atoms with Gasteiger partial charge in [0, 0.05) is 26.2 Å². The van der Waals surface area contributed by atoms with Crippen molar-refractivity contribution in [2.75, 3.05) is 26.2 Å². The number of hydrazine groups is 1. The van der Waals surface area contributed by atoms with Crippen LogP contribution in [0.1, 0.15) is 20.3 Å².